The third-order valence-electron chi connectivity index (χ3n) is 3.65. The molecule has 3 rings (SSSR count). The van der Waals surface area contributed by atoms with Crippen molar-refractivity contribution >= 4 is 0 Å². The van der Waals surface area contributed by atoms with Crippen molar-refractivity contribution in [3.8, 4) is 0 Å². The summed E-state index contributed by atoms with van der Waals surface area (Å²) < 4.78 is 13.8. The Balaban J connectivity index is 2.25. The molecule has 0 unspecified atom stereocenters. The van der Waals surface area contributed by atoms with Gasteiger partial charge in [-0.15, -0.1) is 0 Å². The number of rotatable bonds is 0. The summed E-state index contributed by atoms with van der Waals surface area (Å²) in [5, 5.41) is 3.40. The van der Waals surface area contributed by atoms with E-state index in [9.17, 15) is 4.39 Å². The Kier molecular flexibility index (Phi) is 1.55. The second-order valence-electron chi connectivity index (χ2n) is 4.60. The summed E-state index contributed by atoms with van der Waals surface area (Å²) in [5.74, 6) is 0.00426. The average Bonchev–Trinajstić information content (AvgIpc) is 2.92. The van der Waals surface area contributed by atoms with Crippen molar-refractivity contribution in [1.29, 1.82) is 0 Å². The van der Waals surface area contributed by atoms with Gasteiger partial charge in [0.05, 0.1) is 0 Å². The Morgan fingerprint density at radius 3 is 2.86 bits per heavy atom. The molecule has 0 aromatic heterocycles. The minimum Gasteiger partial charge on any atom is -0.312 e. The molecule has 2 aliphatic rings. The Hall–Kier alpha value is -0.890. The summed E-state index contributed by atoms with van der Waals surface area (Å²) in [4.78, 5) is 0. The van der Waals surface area contributed by atoms with Crippen LogP contribution in [0.1, 0.15) is 29.5 Å². The van der Waals surface area contributed by atoms with Gasteiger partial charge in [0.25, 0.3) is 0 Å². The number of nitrogens with one attached hydrogen (secondary N) is 1. The number of benzene rings is 1. The zero-order chi connectivity index (χ0) is 9.76. The molecule has 74 valence electrons. The summed E-state index contributed by atoms with van der Waals surface area (Å²) in [6.07, 6.45) is 2.29. The highest BCUT2D eigenvalue weighted by Crippen LogP contribution is 2.51. The monoisotopic (exact) mass is 191 g/mol. The molecular formula is C12H14FN. The number of aryl methyl sites for hydroxylation is 1. The van der Waals surface area contributed by atoms with Crippen LogP contribution in [0.2, 0.25) is 0 Å². The van der Waals surface area contributed by atoms with Gasteiger partial charge >= 0.3 is 0 Å². The predicted molar refractivity (Wildman–Crippen MR) is 53.8 cm³/mol. The SMILES string of the molecule is Cc1ccc(F)c2c1CNCC21CC1. The first-order chi connectivity index (χ1) is 6.73. The van der Waals surface area contributed by atoms with E-state index in [0.29, 0.717) is 0 Å². The topological polar surface area (TPSA) is 12.0 Å². The standard InChI is InChI=1S/C12H14FN/c1-8-2-3-10(13)11-9(8)6-14-7-12(11)4-5-12/h2-3,14H,4-7H2,1H3. The molecule has 1 nitrogen and oxygen atoms in total. The summed E-state index contributed by atoms with van der Waals surface area (Å²) in [5.41, 5.74) is 3.59. The van der Waals surface area contributed by atoms with Crippen LogP contribution in [0.3, 0.4) is 0 Å². The van der Waals surface area contributed by atoms with E-state index >= 15 is 0 Å². The second-order valence-corrected chi connectivity index (χ2v) is 4.60. The summed E-state index contributed by atoms with van der Waals surface area (Å²) in [7, 11) is 0. The maximum absolute atomic E-state index is 13.8. The van der Waals surface area contributed by atoms with Gasteiger partial charge in [-0.3, -0.25) is 0 Å². The van der Waals surface area contributed by atoms with Gasteiger partial charge in [-0.25, -0.2) is 4.39 Å². The lowest BCUT2D eigenvalue weighted by molar-refractivity contribution is 0.490. The Morgan fingerprint density at radius 1 is 1.36 bits per heavy atom. The van der Waals surface area contributed by atoms with Crippen LogP contribution in [0.15, 0.2) is 12.1 Å². The van der Waals surface area contributed by atoms with E-state index in [4.69, 9.17) is 0 Å². The van der Waals surface area contributed by atoms with Crippen LogP contribution in [0.25, 0.3) is 0 Å². The van der Waals surface area contributed by atoms with Gasteiger partial charge in [0.1, 0.15) is 5.82 Å². The minimum absolute atomic E-state index is 0.00426. The smallest absolute Gasteiger partial charge is 0.127 e. The van der Waals surface area contributed by atoms with E-state index < -0.39 is 0 Å². The predicted octanol–water partition coefficient (Wildman–Crippen LogP) is 2.27. The number of hydrogen-bond donors (Lipinski definition) is 1. The van der Waals surface area contributed by atoms with Crippen molar-refractivity contribution in [3.05, 3.63) is 34.6 Å². The first-order valence-electron chi connectivity index (χ1n) is 5.22. The maximum Gasteiger partial charge on any atom is 0.127 e. The van der Waals surface area contributed by atoms with E-state index in [1.165, 1.54) is 11.1 Å². The van der Waals surface area contributed by atoms with E-state index in [0.717, 1.165) is 31.5 Å². The van der Waals surface area contributed by atoms with Crippen LogP contribution >= 0.6 is 0 Å². The van der Waals surface area contributed by atoms with Crippen molar-refractivity contribution in [2.24, 2.45) is 0 Å². The highest BCUT2D eigenvalue weighted by molar-refractivity contribution is 5.45. The van der Waals surface area contributed by atoms with Crippen LogP contribution in [0.5, 0.6) is 0 Å². The summed E-state index contributed by atoms with van der Waals surface area (Å²) in [6, 6.07) is 3.51. The van der Waals surface area contributed by atoms with E-state index in [2.05, 4.69) is 12.2 Å². The maximum atomic E-state index is 13.8. The largest absolute Gasteiger partial charge is 0.312 e. The lowest BCUT2D eigenvalue weighted by atomic mass is 9.85. The second kappa shape index (κ2) is 2.57. The molecular weight excluding hydrogens is 177 g/mol. The van der Waals surface area contributed by atoms with Gasteiger partial charge < -0.3 is 5.32 Å². The van der Waals surface area contributed by atoms with Gasteiger partial charge in [0.2, 0.25) is 0 Å². The fraction of sp³-hybridized carbons (Fsp3) is 0.500. The molecule has 0 saturated heterocycles. The van der Waals surface area contributed by atoms with Crippen molar-refractivity contribution in [2.75, 3.05) is 6.54 Å². The molecule has 2 heteroatoms. The fourth-order valence-corrected chi connectivity index (χ4v) is 2.62. The Labute approximate surface area is 83.3 Å². The van der Waals surface area contributed by atoms with Gasteiger partial charge in [0.15, 0.2) is 0 Å². The third-order valence-corrected chi connectivity index (χ3v) is 3.65. The van der Waals surface area contributed by atoms with Crippen molar-refractivity contribution in [3.63, 3.8) is 0 Å². The molecule has 1 aromatic carbocycles. The van der Waals surface area contributed by atoms with Crippen LogP contribution in [0.4, 0.5) is 4.39 Å². The zero-order valence-corrected chi connectivity index (χ0v) is 8.36. The van der Waals surface area contributed by atoms with E-state index in [1.54, 1.807) is 6.07 Å². The Morgan fingerprint density at radius 2 is 2.14 bits per heavy atom. The molecule has 1 spiro atoms. The van der Waals surface area contributed by atoms with Gasteiger partial charge in [-0.2, -0.15) is 0 Å². The van der Waals surface area contributed by atoms with Crippen LogP contribution in [0, 0.1) is 12.7 Å². The highest BCUT2D eigenvalue weighted by atomic mass is 19.1. The normalized spacial score (nSPS) is 22.1. The van der Waals surface area contributed by atoms with Gasteiger partial charge in [0, 0.05) is 24.1 Å². The molecule has 0 bridgehead atoms. The molecule has 1 fully saturated rings. The lowest BCUT2D eigenvalue weighted by Gasteiger charge is -2.28. The van der Waals surface area contributed by atoms with Crippen LogP contribution < -0.4 is 5.32 Å². The number of halogens is 1. The average molecular weight is 191 g/mol. The molecule has 0 radical (unpaired) electrons. The molecule has 0 amide bonds. The Bertz CT molecular complexity index is 394. The summed E-state index contributed by atoms with van der Waals surface area (Å²) in [6.45, 7) is 3.86. The third kappa shape index (κ3) is 0.976. The first kappa shape index (κ1) is 8.42. The van der Waals surface area contributed by atoms with Crippen molar-refractivity contribution in [1.82, 2.24) is 5.32 Å². The number of fused-ring (bicyclic) bond motifs is 2. The molecule has 1 aliphatic heterocycles. The molecule has 1 saturated carbocycles. The minimum atomic E-state index is 0.00426. The molecule has 14 heavy (non-hydrogen) atoms. The van der Waals surface area contributed by atoms with E-state index in [1.807, 2.05) is 6.07 Å². The van der Waals surface area contributed by atoms with E-state index in [-0.39, 0.29) is 11.2 Å². The fourth-order valence-electron chi connectivity index (χ4n) is 2.62. The van der Waals surface area contributed by atoms with Gasteiger partial charge in [-0.05, 0) is 37.0 Å². The number of hydrogen-bond acceptors (Lipinski definition) is 1. The molecule has 1 heterocycles. The van der Waals surface area contributed by atoms with Crippen molar-refractivity contribution in [2.45, 2.75) is 31.7 Å². The first-order valence-corrected chi connectivity index (χ1v) is 5.22. The zero-order valence-electron chi connectivity index (χ0n) is 8.36. The molecule has 1 aliphatic carbocycles. The summed E-state index contributed by atoms with van der Waals surface area (Å²) >= 11 is 0. The van der Waals surface area contributed by atoms with Gasteiger partial charge in [-0.1, -0.05) is 6.07 Å². The quantitative estimate of drug-likeness (QED) is 0.663. The van der Waals surface area contributed by atoms with Crippen LogP contribution in [-0.2, 0) is 12.0 Å². The molecule has 1 N–H and O–H groups in total. The highest BCUT2D eigenvalue weighted by Gasteiger charge is 2.48. The molecule has 1 aromatic rings. The lowest BCUT2D eigenvalue weighted by Crippen LogP contribution is -2.34. The molecule has 0 atom stereocenters. The van der Waals surface area contributed by atoms with Crippen LogP contribution in [-0.4, -0.2) is 6.54 Å². The van der Waals surface area contributed by atoms with Crippen molar-refractivity contribution < 1.29 is 4.39 Å².